The van der Waals surface area contributed by atoms with E-state index in [1.165, 1.54) is 0 Å². The highest BCUT2D eigenvalue weighted by Crippen LogP contribution is 2.21. The van der Waals surface area contributed by atoms with Gasteiger partial charge in [-0.05, 0) is 31.1 Å². The van der Waals surface area contributed by atoms with Gasteiger partial charge in [0.05, 0.1) is 22.8 Å². The first-order valence-electron chi connectivity index (χ1n) is 6.39. The first-order chi connectivity index (χ1) is 9.54. The predicted molar refractivity (Wildman–Crippen MR) is 80.8 cm³/mol. The zero-order valence-corrected chi connectivity index (χ0v) is 13.0. The Morgan fingerprint density at radius 3 is 3.00 bits per heavy atom. The van der Waals surface area contributed by atoms with E-state index in [0.29, 0.717) is 33.7 Å². The SMILES string of the molecule is O[C@H]1CCCN(Cn2nc3c(Cl)cc(Cl)cn3c2=S)C1. The summed E-state index contributed by atoms with van der Waals surface area (Å²) in [5.41, 5.74) is 0.596. The molecule has 3 rings (SSSR count). The number of pyridine rings is 1. The van der Waals surface area contributed by atoms with Gasteiger partial charge in [-0.15, -0.1) is 5.10 Å². The van der Waals surface area contributed by atoms with Crippen LogP contribution in [0.5, 0.6) is 0 Å². The Balaban J connectivity index is 1.94. The molecule has 1 aliphatic heterocycles. The number of β-amino-alcohol motifs (C(OH)–C–C–N with tert-alkyl or cyclic N) is 1. The molecule has 1 aliphatic rings. The largest absolute Gasteiger partial charge is 0.392 e. The maximum Gasteiger partial charge on any atom is 0.203 e. The highest BCUT2D eigenvalue weighted by Gasteiger charge is 2.19. The molecule has 1 fully saturated rings. The quantitative estimate of drug-likeness (QED) is 0.858. The minimum absolute atomic E-state index is 0.270. The Morgan fingerprint density at radius 2 is 2.25 bits per heavy atom. The van der Waals surface area contributed by atoms with Crippen molar-refractivity contribution in [3.8, 4) is 0 Å². The van der Waals surface area contributed by atoms with Crippen LogP contribution < -0.4 is 0 Å². The first-order valence-corrected chi connectivity index (χ1v) is 7.55. The topological polar surface area (TPSA) is 45.7 Å². The number of hydrogen-bond donors (Lipinski definition) is 1. The number of rotatable bonds is 2. The van der Waals surface area contributed by atoms with Gasteiger partial charge in [0.25, 0.3) is 0 Å². The van der Waals surface area contributed by atoms with Crippen molar-refractivity contribution < 1.29 is 5.11 Å². The molecule has 2 aromatic rings. The van der Waals surface area contributed by atoms with E-state index in [4.69, 9.17) is 35.4 Å². The molecule has 0 aliphatic carbocycles. The number of aliphatic hydroxyl groups excluding tert-OH is 1. The number of halogens is 2. The van der Waals surface area contributed by atoms with Crippen LogP contribution in [-0.2, 0) is 6.67 Å². The second kappa shape index (κ2) is 5.61. The number of aliphatic hydroxyl groups is 1. The number of hydrogen-bond acceptors (Lipinski definition) is 4. The maximum absolute atomic E-state index is 9.71. The molecule has 3 heterocycles. The van der Waals surface area contributed by atoms with Crippen molar-refractivity contribution in [2.45, 2.75) is 25.6 Å². The number of nitrogens with zero attached hydrogens (tertiary/aromatic N) is 4. The summed E-state index contributed by atoms with van der Waals surface area (Å²) in [5.74, 6) is 0. The van der Waals surface area contributed by atoms with Crippen LogP contribution in [0.15, 0.2) is 12.3 Å². The lowest BCUT2D eigenvalue weighted by Gasteiger charge is -2.29. The molecule has 8 heteroatoms. The monoisotopic (exact) mass is 332 g/mol. The van der Waals surface area contributed by atoms with Crippen LogP contribution in [0.2, 0.25) is 10.0 Å². The van der Waals surface area contributed by atoms with Crippen molar-refractivity contribution in [2.75, 3.05) is 13.1 Å². The molecule has 0 saturated carbocycles. The normalized spacial score (nSPS) is 20.6. The fourth-order valence-corrected chi connectivity index (χ4v) is 3.23. The van der Waals surface area contributed by atoms with Crippen LogP contribution in [0.25, 0.3) is 5.65 Å². The van der Waals surface area contributed by atoms with Crippen LogP contribution in [0.3, 0.4) is 0 Å². The average molecular weight is 333 g/mol. The lowest BCUT2D eigenvalue weighted by molar-refractivity contribution is 0.0514. The Hall–Kier alpha value is -0.660. The van der Waals surface area contributed by atoms with Crippen LogP contribution in [0, 0.1) is 4.77 Å². The Labute approximate surface area is 131 Å². The van der Waals surface area contributed by atoms with Gasteiger partial charge in [-0.3, -0.25) is 9.30 Å². The van der Waals surface area contributed by atoms with Crippen LogP contribution in [-0.4, -0.2) is 43.4 Å². The van der Waals surface area contributed by atoms with E-state index >= 15 is 0 Å². The molecule has 1 saturated heterocycles. The van der Waals surface area contributed by atoms with Gasteiger partial charge in [-0.2, -0.15) is 0 Å². The van der Waals surface area contributed by atoms with Gasteiger partial charge in [-0.1, -0.05) is 23.2 Å². The third-order valence-corrected chi connectivity index (χ3v) is 4.31. The van der Waals surface area contributed by atoms with Gasteiger partial charge in [0.2, 0.25) is 4.77 Å². The third-order valence-electron chi connectivity index (χ3n) is 3.42. The van der Waals surface area contributed by atoms with Gasteiger partial charge >= 0.3 is 0 Å². The fourth-order valence-electron chi connectivity index (χ4n) is 2.49. The lowest BCUT2D eigenvalue weighted by atomic mass is 10.1. The van der Waals surface area contributed by atoms with E-state index in [0.717, 1.165) is 19.4 Å². The van der Waals surface area contributed by atoms with Crippen LogP contribution in [0.1, 0.15) is 12.8 Å². The molecule has 0 spiro atoms. The summed E-state index contributed by atoms with van der Waals surface area (Å²) >= 11 is 17.5. The second-order valence-corrected chi connectivity index (χ2v) is 6.21. The van der Waals surface area contributed by atoms with Crippen LogP contribution in [0.4, 0.5) is 0 Å². The van der Waals surface area contributed by atoms with Crippen molar-refractivity contribution in [1.82, 2.24) is 19.1 Å². The fraction of sp³-hybridized carbons (Fsp3) is 0.500. The molecule has 2 aromatic heterocycles. The number of aromatic nitrogens is 3. The number of fused-ring (bicyclic) bond motifs is 1. The highest BCUT2D eigenvalue weighted by molar-refractivity contribution is 7.71. The van der Waals surface area contributed by atoms with Gasteiger partial charge in [0.15, 0.2) is 5.65 Å². The molecule has 20 heavy (non-hydrogen) atoms. The van der Waals surface area contributed by atoms with Gasteiger partial charge in [0, 0.05) is 19.3 Å². The predicted octanol–water partition coefficient (Wildman–Crippen LogP) is 2.59. The summed E-state index contributed by atoms with van der Waals surface area (Å²) < 4.78 is 3.97. The van der Waals surface area contributed by atoms with Crippen molar-refractivity contribution in [2.24, 2.45) is 0 Å². The van der Waals surface area contributed by atoms with E-state index < -0.39 is 0 Å². The summed E-state index contributed by atoms with van der Waals surface area (Å²) in [6.45, 7) is 2.12. The molecule has 108 valence electrons. The van der Waals surface area contributed by atoms with E-state index in [1.807, 2.05) is 0 Å². The summed E-state index contributed by atoms with van der Waals surface area (Å²) in [6, 6.07) is 1.65. The molecule has 1 N–H and O–H groups in total. The Morgan fingerprint density at radius 1 is 1.45 bits per heavy atom. The molecule has 0 bridgehead atoms. The van der Waals surface area contributed by atoms with Gasteiger partial charge in [-0.25, -0.2) is 4.68 Å². The van der Waals surface area contributed by atoms with Crippen molar-refractivity contribution in [3.63, 3.8) is 0 Å². The zero-order valence-electron chi connectivity index (χ0n) is 10.7. The van der Waals surface area contributed by atoms with E-state index in [-0.39, 0.29) is 6.10 Å². The van der Waals surface area contributed by atoms with Crippen molar-refractivity contribution in [1.29, 1.82) is 0 Å². The summed E-state index contributed by atoms with van der Waals surface area (Å²) in [5, 5.41) is 15.1. The average Bonchev–Trinajstić information content (AvgIpc) is 2.68. The summed E-state index contributed by atoms with van der Waals surface area (Å²) in [4.78, 5) is 2.13. The van der Waals surface area contributed by atoms with Crippen molar-refractivity contribution >= 4 is 41.1 Å². The van der Waals surface area contributed by atoms with E-state index in [9.17, 15) is 5.11 Å². The minimum atomic E-state index is -0.270. The molecule has 0 unspecified atom stereocenters. The molecule has 1 atom stereocenters. The number of piperidine rings is 1. The van der Waals surface area contributed by atoms with Crippen molar-refractivity contribution in [3.05, 3.63) is 27.1 Å². The third kappa shape index (κ3) is 2.71. The van der Waals surface area contributed by atoms with Gasteiger partial charge < -0.3 is 5.11 Å². The number of likely N-dealkylation sites (tertiary alicyclic amines) is 1. The minimum Gasteiger partial charge on any atom is -0.392 e. The summed E-state index contributed by atoms with van der Waals surface area (Å²) in [6.07, 6.45) is 3.27. The van der Waals surface area contributed by atoms with E-state index in [2.05, 4.69) is 10.00 Å². The first kappa shape index (κ1) is 14.3. The summed E-state index contributed by atoms with van der Waals surface area (Å²) in [7, 11) is 0. The molecule has 5 nitrogen and oxygen atoms in total. The maximum atomic E-state index is 9.71. The Bertz CT molecular complexity index is 699. The zero-order chi connectivity index (χ0) is 14.3. The molecule has 0 amide bonds. The smallest absolute Gasteiger partial charge is 0.203 e. The molecular formula is C12H14Cl2N4OS. The standard InChI is InChI=1S/C12H14Cl2N4OS/c13-8-4-10(14)11-15-18(12(20)17(11)5-8)7-16-3-1-2-9(19)6-16/h4-5,9,19H,1-3,6-7H2/t9-/m0/s1. The van der Waals surface area contributed by atoms with E-state index in [1.54, 1.807) is 21.3 Å². The van der Waals surface area contributed by atoms with Gasteiger partial charge in [0.1, 0.15) is 0 Å². The Kier molecular flexibility index (Phi) is 4.01. The second-order valence-electron chi connectivity index (χ2n) is 5.00. The lowest BCUT2D eigenvalue weighted by Crippen LogP contribution is -2.39. The van der Waals surface area contributed by atoms with Crippen LogP contribution >= 0.6 is 35.4 Å². The molecule has 0 radical (unpaired) electrons. The molecular weight excluding hydrogens is 319 g/mol. The highest BCUT2D eigenvalue weighted by atomic mass is 35.5. The molecule has 0 aromatic carbocycles.